The number of amidine groups is 1. The number of nitrogens with zero attached hydrogens (tertiary/aromatic N) is 3. The van der Waals surface area contributed by atoms with Gasteiger partial charge in [0.25, 0.3) is 0 Å². The summed E-state index contributed by atoms with van der Waals surface area (Å²) in [5.74, 6) is -0.274. The molecule has 0 radical (unpaired) electrons. The lowest BCUT2D eigenvalue weighted by atomic mass is 9.65. The van der Waals surface area contributed by atoms with E-state index in [-0.39, 0.29) is 17.8 Å². The highest BCUT2D eigenvalue weighted by Crippen LogP contribution is 2.62. The Kier molecular flexibility index (Phi) is 7.32. The number of ether oxygens (including phenoxy) is 3. The van der Waals surface area contributed by atoms with E-state index < -0.39 is 34.5 Å². The van der Waals surface area contributed by atoms with Gasteiger partial charge in [-0.25, -0.2) is 19.0 Å². The van der Waals surface area contributed by atoms with Gasteiger partial charge in [0.1, 0.15) is 17.0 Å². The van der Waals surface area contributed by atoms with Crippen molar-refractivity contribution in [2.45, 2.75) is 104 Å². The van der Waals surface area contributed by atoms with Gasteiger partial charge in [-0.1, -0.05) is 0 Å². The molecule has 4 rings (SSSR count). The van der Waals surface area contributed by atoms with Crippen LogP contribution in [-0.4, -0.2) is 53.0 Å². The van der Waals surface area contributed by atoms with E-state index in [1.54, 1.807) is 61.6 Å². The maximum Gasteiger partial charge on any atom is 0.425 e. The maximum absolute atomic E-state index is 14.7. The predicted molar refractivity (Wildman–Crippen MR) is 146 cm³/mol. The molecule has 0 N–H and O–H groups in total. The van der Waals surface area contributed by atoms with E-state index in [4.69, 9.17) is 24.2 Å². The van der Waals surface area contributed by atoms with Gasteiger partial charge in [0.2, 0.25) is 0 Å². The number of benzene rings is 1. The molecule has 1 fully saturated rings. The van der Waals surface area contributed by atoms with Crippen LogP contribution in [0.5, 0.6) is 0 Å². The molecule has 2 amide bonds. The number of rotatable bonds is 1. The second-order valence-corrected chi connectivity index (χ2v) is 13.3. The summed E-state index contributed by atoms with van der Waals surface area (Å²) in [5, 5.41) is 0. The van der Waals surface area contributed by atoms with Gasteiger partial charge in [-0.15, -0.1) is 0 Å². The predicted octanol–water partition coefficient (Wildman–Crippen LogP) is 6.92. The van der Waals surface area contributed by atoms with E-state index in [1.165, 1.54) is 6.07 Å². The van der Waals surface area contributed by atoms with Crippen molar-refractivity contribution in [1.29, 1.82) is 0 Å². The van der Waals surface area contributed by atoms with Gasteiger partial charge >= 0.3 is 12.2 Å². The Hall–Kier alpha value is -2.33. The van der Waals surface area contributed by atoms with Gasteiger partial charge in [0, 0.05) is 18.1 Å². The molecule has 1 saturated carbocycles. The highest BCUT2D eigenvalue weighted by Gasteiger charge is 2.62. The van der Waals surface area contributed by atoms with Crippen LogP contribution in [0.15, 0.2) is 26.6 Å². The molecule has 10 heteroatoms. The van der Waals surface area contributed by atoms with Crippen LogP contribution in [0.25, 0.3) is 0 Å². The zero-order valence-corrected chi connectivity index (χ0v) is 25.0. The Labute approximate surface area is 232 Å². The van der Waals surface area contributed by atoms with Gasteiger partial charge in [0.15, 0.2) is 11.5 Å². The lowest BCUT2D eigenvalue weighted by molar-refractivity contribution is -0.000901. The first kappa shape index (κ1) is 28.7. The largest absolute Gasteiger partial charge is 0.443 e. The maximum atomic E-state index is 14.7. The van der Waals surface area contributed by atoms with Gasteiger partial charge < -0.3 is 14.2 Å². The monoisotopic (exact) mass is 593 g/mol. The molecular formula is C28H37BrFN3O5. The molecule has 1 aliphatic heterocycles. The average Bonchev–Trinajstić information content (AvgIpc) is 3.22. The molecule has 8 nitrogen and oxygen atoms in total. The summed E-state index contributed by atoms with van der Waals surface area (Å²) in [5.41, 5.74) is -1.31. The van der Waals surface area contributed by atoms with Crippen molar-refractivity contribution < 1.29 is 28.2 Å². The quantitative estimate of drug-likeness (QED) is 0.352. The Bertz CT molecular complexity index is 1180. The van der Waals surface area contributed by atoms with Crippen molar-refractivity contribution in [2.75, 3.05) is 7.11 Å². The molecule has 208 valence electrons. The minimum atomic E-state index is -1.13. The first-order chi connectivity index (χ1) is 17.5. The number of carbonyl (C=O) groups is 2. The van der Waals surface area contributed by atoms with Gasteiger partial charge in [-0.05, 0) is 114 Å². The normalized spacial score (nSPS) is 26.7. The van der Waals surface area contributed by atoms with E-state index in [9.17, 15) is 14.0 Å². The van der Waals surface area contributed by atoms with E-state index in [0.717, 1.165) is 41.7 Å². The van der Waals surface area contributed by atoms with Crippen LogP contribution in [0.1, 0.15) is 85.3 Å². The number of carbonyl (C=O) groups excluding carboxylic acids is 2. The molecule has 1 aromatic carbocycles. The average molecular weight is 595 g/mol. The second kappa shape index (κ2) is 9.70. The van der Waals surface area contributed by atoms with E-state index in [2.05, 4.69) is 15.9 Å². The minimum Gasteiger partial charge on any atom is -0.443 e. The first-order valence-electron chi connectivity index (χ1n) is 12.9. The third-order valence-electron chi connectivity index (χ3n) is 7.30. The standard InChI is InChI=1S/C28H37BrFN3O5/c1-16-22(33(23(34)37-25(2,3)4)24(35)38-26(5,6)7)32-28(31-16)19-14-20(29)21(30)13-17(19)15-27(28)11-9-18(36-8)10-12-27/h13-14,18H,9-12,15H2,1-8H3/t18?,27?,28-/m1/s1. The molecule has 0 unspecified atom stereocenters. The zero-order valence-electron chi connectivity index (χ0n) is 23.4. The molecule has 2 spiro atoms. The highest BCUT2D eigenvalue weighted by atomic mass is 79.9. The molecule has 2 aliphatic carbocycles. The number of hydrogen-bond donors (Lipinski definition) is 0. The van der Waals surface area contributed by atoms with Gasteiger partial charge in [-0.3, -0.25) is 4.99 Å². The van der Waals surface area contributed by atoms with E-state index in [0.29, 0.717) is 16.6 Å². The van der Waals surface area contributed by atoms with Gasteiger partial charge in [0.05, 0.1) is 16.3 Å². The van der Waals surface area contributed by atoms with Crippen molar-refractivity contribution in [1.82, 2.24) is 4.90 Å². The Morgan fingerprint density at radius 1 is 1.03 bits per heavy atom. The lowest BCUT2D eigenvalue weighted by Gasteiger charge is -2.44. The minimum absolute atomic E-state index is 0.0787. The molecule has 0 saturated heterocycles. The smallest absolute Gasteiger partial charge is 0.425 e. The third-order valence-corrected chi connectivity index (χ3v) is 7.91. The number of aliphatic imine (C=N–C) groups is 2. The number of imide groups is 1. The fourth-order valence-electron chi connectivity index (χ4n) is 5.72. The summed E-state index contributed by atoms with van der Waals surface area (Å²) in [4.78, 5) is 37.8. The Morgan fingerprint density at radius 2 is 1.58 bits per heavy atom. The van der Waals surface area contributed by atoms with Crippen molar-refractivity contribution in [3.8, 4) is 0 Å². The van der Waals surface area contributed by atoms with Crippen LogP contribution in [-0.2, 0) is 26.3 Å². The summed E-state index contributed by atoms with van der Waals surface area (Å²) < 4.78 is 31.8. The Morgan fingerprint density at radius 3 is 2.08 bits per heavy atom. The second-order valence-electron chi connectivity index (χ2n) is 12.4. The van der Waals surface area contributed by atoms with E-state index >= 15 is 0 Å². The highest BCUT2D eigenvalue weighted by molar-refractivity contribution is 9.10. The molecule has 1 atom stereocenters. The van der Waals surface area contributed by atoms with Gasteiger partial charge in [-0.2, -0.15) is 4.90 Å². The topological polar surface area (TPSA) is 89.8 Å². The number of hydrogen-bond acceptors (Lipinski definition) is 7. The van der Waals surface area contributed by atoms with Crippen LogP contribution in [0.3, 0.4) is 0 Å². The summed E-state index contributed by atoms with van der Waals surface area (Å²) in [6, 6.07) is 3.27. The summed E-state index contributed by atoms with van der Waals surface area (Å²) in [7, 11) is 1.71. The van der Waals surface area contributed by atoms with Crippen molar-refractivity contribution in [2.24, 2.45) is 15.4 Å². The molecule has 0 aromatic heterocycles. The fourth-order valence-corrected chi connectivity index (χ4v) is 6.06. The molecule has 1 aromatic rings. The summed E-state index contributed by atoms with van der Waals surface area (Å²) >= 11 is 3.33. The van der Waals surface area contributed by atoms with Crippen molar-refractivity contribution in [3.63, 3.8) is 0 Å². The van der Waals surface area contributed by atoms with Crippen LogP contribution < -0.4 is 0 Å². The number of fused-ring (bicyclic) bond motifs is 3. The van der Waals surface area contributed by atoms with Crippen LogP contribution in [0.2, 0.25) is 0 Å². The third kappa shape index (κ3) is 5.13. The lowest BCUT2D eigenvalue weighted by Crippen LogP contribution is -2.49. The SMILES string of the molecule is COC1CCC2(CC1)Cc1cc(F)c(Br)cc1[C@]21N=C(C)C(N(C(=O)OC(C)(C)C)C(=O)OC(C)(C)C)=N1. The number of halogens is 2. The summed E-state index contributed by atoms with van der Waals surface area (Å²) in [6.45, 7) is 12.1. The fraction of sp³-hybridized carbons (Fsp3) is 0.643. The van der Waals surface area contributed by atoms with Crippen LogP contribution >= 0.6 is 15.9 Å². The van der Waals surface area contributed by atoms with Crippen molar-refractivity contribution >= 4 is 39.7 Å². The number of amides is 2. The molecule has 0 bridgehead atoms. The molecule has 38 heavy (non-hydrogen) atoms. The Balaban J connectivity index is 1.88. The molecule has 1 heterocycles. The zero-order chi connectivity index (χ0) is 28.3. The molecular weight excluding hydrogens is 557 g/mol. The van der Waals surface area contributed by atoms with E-state index in [1.807, 2.05) is 0 Å². The van der Waals surface area contributed by atoms with Crippen molar-refractivity contribution in [3.05, 3.63) is 33.5 Å². The first-order valence-corrected chi connectivity index (χ1v) is 13.7. The van der Waals surface area contributed by atoms with Crippen LogP contribution in [0, 0.1) is 11.2 Å². The molecule has 3 aliphatic rings. The summed E-state index contributed by atoms with van der Waals surface area (Å²) in [6.07, 6.45) is 2.00. The van der Waals surface area contributed by atoms with Crippen LogP contribution in [0.4, 0.5) is 14.0 Å². The number of methoxy groups -OCH3 is 1.